The molecule has 0 aliphatic carbocycles. The highest BCUT2D eigenvalue weighted by Gasteiger charge is 2.39. The lowest BCUT2D eigenvalue weighted by Gasteiger charge is -2.40. The van der Waals surface area contributed by atoms with E-state index in [0.29, 0.717) is 5.92 Å². The van der Waals surface area contributed by atoms with E-state index < -0.39 is 0 Å². The summed E-state index contributed by atoms with van der Waals surface area (Å²) in [5.74, 6) is 0.554. The standard InChI is InChI=1S/C11H18N2O/c1-4-11(7-14-8-11)13-6-10(5-12-13)9(2)3/h5-6,9H,4,7-8H2,1-3H3. The predicted octanol–water partition coefficient (Wildman–Crippen LogP) is 2.14. The van der Waals surface area contributed by atoms with Gasteiger partial charge in [0, 0.05) is 6.20 Å². The van der Waals surface area contributed by atoms with Crippen LogP contribution in [-0.4, -0.2) is 23.0 Å². The van der Waals surface area contributed by atoms with Gasteiger partial charge in [-0.1, -0.05) is 20.8 Å². The summed E-state index contributed by atoms with van der Waals surface area (Å²) < 4.78 is 7.38. The molecule has 1 aromatic heterocycles. The second kappa shape index (κ2) is 3.39. The van der Waals surface area contributed by atoms with Crippen molar-refractivity contribution in [1.29, 1.82) is 0 Å². The SMILES string of the molecule is CCC1(n2cc(C(C)C)cn2)COC1. The first-order valence-corrected chi connectivity index (χ1v) is 5.31. The highest BCUT2D eigenvalue weighted by atomic mass is 16.5. The molecule has 2 heterocycles. The molecule has 0 amide bonds. The van der Waals surface area contributed by atoms with Gasteiger partial charge in [0.25, 0.3) is 0 Å². The Bertz CT molecular complexity index is 307. The van der Waals surface area contributed by atoms with Crippen LogP contribution in [0, 0.1) is 0 Å². The summed E-state index contributed by atoms with van der Waals surface area (Å²) in [6.07, 6.45) is 5.23. The highest BCUT2D eigenvalue weighted by Crippen LogP contribution is 2.30. The minimum absolute atomic E-state index is 0.146. The van der Waals surface area contributed by atoms with Crippen LogP contribution in [0.3, 0.4) is 0 Å². The van der Waals surface area contributed by atoms with Gasteiger partial charge in [0.2, 0.25) is 0 Å². The Labute approximate surface area is 85.1 Å². The first-order valence-electron chi connectivity index (χ1n) is 5.31. The molecule has 0 aromatic carbocycles. The molecule has 0 saturated carbocycles. The summed E-state index contributed by atoms with van der Waals surface area (Å²) in [5, 5.41) is 4.44. The molecule has 2 rings (SSSR count). The number of aromatic nitrogens is 2. The van der Waals surface area contributed by atoms with Crippen LogP contribution < -0.4 is 0 Å². The maximum Gasteiger partial charge on any atom is 0.109 e. The third-order valence-electron chi connectivity index (χ3n) is 3.15. The van der Waals surface area contributed by atoms with Gasteiger partial charge in [-0.3, -0.25) is 4.68 Å². The zero-order valence-electron chi connectivity index (χ0n) is 9.16. The molecule has 0 N–H and O–H groups in total. The number of ether oxygens (including phenoxy) is 1. The van der Waals surface area contributed by atoms with Crippen molar-refractivity contribution in [2.75, 3.05) is 13.2 Å². The molecule has 0 spiro atoms. The molecule has 0 bridgehead atoms. The van der Waals surface area contributed by atoms with Gasteiger partial charge in [-0.05, 0) is 17.9 Å². The van der Waals surface area contributed by atoms with Gasteiger partial charge in [-0.15, -0.1) is 0 Å². The smallest absolute Gasteiger partial charge is 0.109 e. The van der Waals surface area contributed by atoms with E-state index in [1.54, 1.807) is 0 Å². The molecule has 1 fully saturated rings. The second-order valence-corrected chi connectivity index (χ2v) is 4.44. The van der Waals surface area contributed by atoms with Crippen molar-refractivity contribution in [3.63, 3.8) is 0 Å². The minimum atomic E-state index is 0.146. The zero-order valence-corrected chi connectivity index (χ0v) is 9.16. The zero-order chi connectivity index (χ0) is 10.2. The van der Waals surface area contributed by atoms with Gasteiger partial charge in [0.15, 0.2) is 0 Å². The Morgan fingerprint density at radius 3 is 2.64 bits per heavy atom. The summed E-state index contributed by atoms with van der Waals surface area (Å²) in [7, 11) is 0. The van der Waals surface area contributed by atoms with E-state index in [2.05, 4.69) is 36.7 Å². The lowest BCUT2D eigenvalue weighted by atomic mass is 9.94. The summed E-state index contributed by atoms with van der Waals surface area (Å²) >= 11 is 0. The van der Waals surface area contributed by atoms with Crippen LogP contribution in [0.15, 0.2) is 12.4 Å². The van der Waals surface area contributed by atoms with E-state index in [4.69, 9.17) is 4.74 Å². The monoisotopic (exact) mass is 194 g/mol. The van der Waals surface area contributed by atoms with Crippen molar-refractivity contribution in [3.05, 3.63) is 18.0 Å². The van der Waals surface area contributed by atoms with Crippen LogP contribution in [0.5, 0.6) is 0 Å². The van der Waals surface area contributed by atoms with Crippen molar-refractivity contribution in [2.45, 2.75) is 38.6 Å². The van der Waals surface area contributed by atoms with Crippen LogP contribution >= 0.6 is 0 Å². The van der Waals surface area contributed by atoms with Gasteiger partial charge >= 0.3 is 0 Å². The fourth-order valence-electron chi connectivity index (χ4n) is 1.73. The third-order valence-corrected chi connectivity index (χ3v) is 3.15. The lowest BCUT2D eigenvalue weighted by Crippen LogP contribution is -2.51. The molecule has 78 valence electrons. The maximum absolute atomic E-state index is 5.29. The third kappa shape index (κ3) is 1.36. The van der Waals surface area contributed by atoms with Gasteiger partial charge in [0.05, 0.1) is 19.4 Å². The summed E-state index contributed by atoms with van der Waals surface area (Å²) in [4.78, 5) is 0. The Kier molecular flexibility index (Phi) is 2.35. The Morgan fingerprint density at radius 1 is 1.57 bits per heavy atom. The van der Waals surface area contributed by atoms with Gasteiger partial charge in [0.1, 0.15) is 5.54 Å². The fourth-order valence-corrected chi connectivity index (χ4v) is 1.73. The highest BCUT2D eigenvalue weighted by molar-refractivity contribution is 5.11. The van der Waals surface area contributed by atoms with Gasteiger partial charge in [-0.2, -0.15) is 5.10 Å². The number of nitrogens with zero attached hydrogens (tertiary/aromatic N) is 2. The number of hydrogen-bond acceptors (Lipinski definition) is 2. The maximum atomic E-state index is 5.29. The van der Waals surface area contributed by atoms with Crippen molar-refractivity contribution in [3.8, 4) is 0 Å². The van der Waals surface area contributed by atoms with Gasteiger partial charge in [-0.25, -0.2) is 0 Å². The predicted molar refractivity (Wildman–Crippen MR) is 55.4 cm³/mol. The molecular weight excluding hydrogens is 176 g/mol. The summed E-state index contributed by atoms with van der Waals surface area (Å²) in [6, 6.07) is 0. The van der Waals surface area contributed by atoms with Crippen LogP contribution in [-0.2, 0) is 10.3 Å². The summed E-state index contributed by atoms with van der Waals surface area (Å²) in [5.41, 5.74) is 1.46. The van der Waals surface area contributed by atoms with Crippen LogP contribution in [0.4, 0.5) is 0 Å². The molecule has 1 aromatic rings. The van der Waals surface area contributed by atoms with E-state index >= 15 is 0 Å². The number of rotatable bonds is 3. The van der Waals surface area contributed by atoms with Gasteiger partial charge < -0.3 is 4.74 Å². The Balaban J connectivity index is 2.23. The van der Waals surface area contributed by atoms with Crippen molar-refractivity contribution < 1.29 is 4.74 Å². The molecule has 0 radical (unpaired) electrons. The first-order chi connectivity index (χ1) is 6.68. The Hall–Kier alpha value is -0.830. The normalized spacial score (nSPS) is 19.7. The molecule has 0 unspecified atom stereocenters. The molecule has 1 aliphatic rings. The van der Waals surface area contributed by atoms with Crippen LogP contribution in [0.2, 0.25) is 0 Å². The van der Waals surface area contributed by atoms with Crippen molar-refractivity contribution >= 4 is 0 Å². The largest absolute Gasteiger partial charge is 0.376 e. The minimum Gasteiger partial charge on any atom is -0.376 e. The van der Waals surface area contributed by atoms with E-state index in [9.17, 15) is 0 Å². The average molecular weight is 194 g/mol. The molecule has 3 heteroatoms. The van der Waals surface area contributed by atoms with E-state index in [1.807, 2.05) is 6.20 Å². The molecule has 3 nitrogen and oxygen atoms in total. The average Bonchev–Trinajstić information content (AvgIpc) is 2.52. The topological polar surface area (TPSA) is 27.1 Å². The van der Waals surface area contributed by atoms with E-state index in [0.717, 1.165) is 19.6 Å². The van der Waals surface area contributed by atoms with Crippen LogP contribution in [0.1, 0.15) is 38.7 Å². The molecule has 1 saturated heterocycles. The van der Waals surface area contributed by atoms with E-state index in [-0.39, 0.29) is 5.54 Å². The lowest BCUT2D eigenvalue weighted by molar-refractivity contribution is -0.109. The fraction of sp³-hybridized carbons (Fsp3) is 0.727. The van der Waals surface area contributed by atoms with Crippen molar-refractivity contribution in [2.24, 2.45) is 0 Å². The van der Waals surface area contributed by atoms with E-state index in [1.165, 1.54) is 5.56 Å². The first kappa shape index (κ1) is 9.71. The van der Waals surface area contributed by atoms with Crippen molar-refractivity contribution in [1.82, 2.24) is 9.78 Å². The quantitative estimate of drug-likeness (QED) is 0.737. The molecule has 0 atom stereocenters. The Morgan fingerprint density at radius 2 is 2.29 bits per heavy atom. The van der Waals surface area contributed by atoms with Crippen LogP contribution in [0.25, 0.3) is 0 Å². The molecule has 14 heavy (non-hydrogen) atoms. The second-order valence-electron chi connectivity index (χ2n) is 4.44. The number of hydrogen-bond donors (Lipinski definition) is 0. The molecule has 1 aliphatic heterocycles. The summed E-state index contributed by atoms with van der Waals surface area (Å²) in [6.45, 7) is 8.19. The molecular formula is C11H18N2O.